The smallest absolute Gasteiger partial charge is 0.109 e. The van der Waals surface area contributed by atoms with Gasteiger partial charge in [-0.25, -0.2) is 4.98 Å². The molecule has 0 bridgehead atoms. The SMILES string of the molecule is c1cn2c(n1)CC1CC12. The van der Waals surface area contributed by atoms with Crippen LogP contribution in [0.25, 0.3) is 0 Å². The summed E-state index contributed by atoms with van der Waals surface area (Å²) in [4.78, 5) is 4.24. The molecule has 0 saturated heterocycles. The average molecular weight is 120 g/mol. The van der Waals surface area contributed by atoms with Crippen molar-refractivity contribution in [3.8, 4) is 0 Å². The third kappa shape index (κ3) is 0.363. The first kappa shape index (κ1) is 4.09. The van der Waals surface area contributed by atoms with Crippen molar-refractivity contribution in [3.05, 3.63) is 18.2 Å². The number of nitrogens with zero attached hydrogens (tertiary/aromatic N) is 2. The van der Waals surface area contributed by atoms with Crippen LogP contribution in [0, 0.1) is 5.92 Å². The molecule has 9 heavy (non-hydrogen) atoms. The molecule has 0 amide bonds. The van der Waals surface area contributed by atoms with Crippen LogP contribution in [0.15, 0.2) is 12.4 Å². The van der Waals surface area contributed by atoms with Crippen LogP contribution in [0.3, 0.4) is 0 Å². The van der Waals surface area contributed by atoms with E-state index in [0.717, 1.165) is 12.0 Å². The fraction of sp³-hybridized carbons (Fsp3) is 0.571. The van der Waals surface area contributed by atoms with Crippen LogP contribution in [0.2, 0.25) is 0 Å². The zero-order valence-electron chi connectivity index (χ0n) is 5.12. The molecular weight excluding hydrogens is 112 g/mol. The number of aromatic nitrogens is 2. The lowest BCUT2D eigenvalue weighted by molar-refractivity contribution is 0.746. The van der Waals surface area contributed by atoms with Gasteiger partial charge in [0, 0.05) is 24.9 Å². The van der Waals surface area contributed by atoms with Gasteiger partial charge in [0.15, 0.2) is 0 Å². The van der Waals surface area contributed by atoms with Gasteiger partial charge in [0.2, 0.25) is 0 Å². The van der Waals surface area contributed by atoms with Crippen molar-refractivity contribution >= 4 is 0 Å². The van der Waals surface area contributed by atoms with Gasteiger partial charge in [-0.15, -0.1) is 0 Å². The van der Waals surface area contributed by atoms with Crippen molar-refractivity contribution in [2.45, 2.75) is 18.9 Å². The molecule has 1 aliphatic carbocycles. The predicted octanol–water partition coefficient (Wildman–Crippen LogP) is 1.00. The highest BCUT2D eigenvalue weighted by Crippen LogP contribution is 2.50. The van der Waals surface area contributed by atoms with Crippen LogP contribution in [0.5, 0.6) is 0 Å². The van der Waals surface area contributed by atoms with Crippen molar-refractivity contribution in [2.75, 3.05) is 0 Å². The van der Waals surface area contributed by atoms with Crippen molar-refractivity contribution in [1.82, 2.24) is 9.55 Å². The first-order valence-electron chi connectivity index (χ1n) is 3.47. The molecule has 1 aliphatic heterocycles. The van der Waals surface area contributed by atoms with Gasteiger partial charge < -0.3 is 4.57 Å². The van der Waals surface area contributed by atoms with Crippen molar-refractivity contribution in [3.63, 3.8) is 0 Å². The summed E-state index contributed by atoms with van der Waals surface area (Å²) >= 11 is 0. The molecule has 0 spiro atoms. The molecule has 2 unspecified atom stereocenters. The Hall–Kier alpha value is -0.790. The minimum absolute atomic E-state index is 0.850. The molecule has 2 aliphatic rings. The first-order valence-corrected chi connectivity index (χ1v) is 3.47. The van der Waals surface area contributed by atoms with Gasteiger partial charge in [0.1, 0.15) is 5.82 Å². The summed E-state index contributed by atoms with van der Waals surface area (Å²) in [7, 11) is 0. The monoisotopic (exact) mass is 120 g/mol. The maximum absolute atomic E-state index is 4.24. The molecule has 2 nitrogen and oxygen atoms in total. The van der Waals surface area contributed by atoms with Crippen LogP contribution < -0.4 is 0 Å². The molecule has 0 N–H and O–H groups in total. The number of rotatable bonds is 0. The summed E-state index contributed by atoms with van der Waals surface area (Å²) in [5.74, 6) is 2.27. The maximum atomic E-state index is 4.24. The third-order valence-electron chi connectivity index (χ3n) is 2.44. The largest absolute Gasteiger partial charge is 0.332 e. The van der Waals surface area contributed by atoms with E-state index in [2.05, 4.69) is 15.7 Å². The number of imidazole rings is 1. The Morgan fingerprint density at radius 2 is 2.67 bits per heavy atom. The predicted molar refractivity (Wildman–Crippen MR) is 33.1 cm³/mol. The lowest BCUT2D eigenvalue weighted by atomic mass is 10.3. The Bertz CT molecular complexity index is 251. The Morgan fingerprint density at radius 3 is 3.56 bits per heavy atom. The molecule has 1 aromatic rings. The summed E-state index contributed by atoms with van der Waals surface area (Å²) in [5, 5.41) is 0. The average Bonchev–Trinajstić information content (AvgIpc) is 2.38. The molecule has 1 fully saturated rings. The zero-order chi connectivity index (χ0) is 5.84. The van der Waals surface area contributed by atoms with Crippen LogP contribution in [0.4, 0.5) is 0 Å². The van der Waals surface area contributed by atoms with E-state index >= 15 is 0 Å². The molecule has 2 heteroatoms. The normalized spacial score (nSPS) is 36.0. The summed E-state index contributed by atoms with van der Waals surface area (Å²) < 4.78 is 2.32. The summed E-state index contributed by atoms with van der Waals surface area (Å²) in [6, 6.07) is 0.850. The molecule has 2 heterocycles. The Kier molecular flexibility index (Phi) is 0.481. The van der Waals surface area contributed by atoms with Crippen LogP contribution in [-0.4, -0.2) is 9.55 Å². The fourth-order valence-corrected chi connectivity index (χ4v) is 1.83. The highest BCUT2D eigenvalue weighted by Gasteiger charge is 2.45. The van der Waals surface area contributed by atoms with E-state index in [1.165, 1.54) is 18.7 Å². The highest BCUT2D eigenvalue weighted by atomic mass is 15.2. The number of hydrogen-bond acceptors (Lipinski definition) is 1. The van der Waals surface area contributed by atoms with E-state index in [9.17, 15) is 0 Å². The van der Waals surface area contributed by atoms with Crippen molar-refractivity contribution in [1.29, 1.82) is 0 Å². The van der Waals surface area contributed by atoms with Crippen molar-refractivity contribution < 1.29 is 0 Å². The number of fused-ring (bicyclic) bond motifs is 3. The van der Waals surface area contributed by atoms with Gasteiger partial charge >= 0.3 is 0 Å². The van der Waals surface area contributed by atoms with Gasteiger partial charge in [0.25, 0.3) is 0 Å². The molecule has 0 aromatic carbocycles. The lowest BCUT2D eigenvalue weighted by Crippen LogP contribution is -1.91. The second kappa shape index (κ2) is 1.06. The molecule has 1 saturated carbocycles. The van der Waals surface area contributed by atoms with E-state index in [1.807, 2.05) is 6.20 Å². The van der Waals surface area contributed by atoms with Crippen molar-refractivity contribution in [2.24, 2.45) is 5.92 Å². The standard InChI is InChI=1S/C7H8N2/c1-2-9-6-3-5(6)4-7(9)8-1/h1-2,5-6H,3-4H2. The van der Waals surface area contributed by atoms with Gasteiger partial charge in [0.05, 0.1) is 0 Å². The molecule has 3 rings (SSSR count). The van der Waals surface area contributed by atoms with E-state index in [1.54, 1.807) is 0 Å². The van der Waals surface area contributed by atoms with Gasteiger partial charge in [-0.2, -0.15) is 0 Å². The Balaban J connectivity index is 2.25. The third-order valence-corrected chi connectivity index (χ3v) is 2.44. The first-order chi connectivity index (χ1) is 4.45. The van der Waals surface area contributed by atoms with Crippen LogP contribution >= 0.6 is 0 Å². The highest BCUT2D eigenvalue weighted by molar-refractivity contribution is 5.12. The molecule has 46 valence electrons. The zero-order valence-corrected chi connectivity index (χ0v) is 5.12. The van der Waals surface area contributed by atoms with Gasteiger partial charge in [-0.05, 0) is 12.3 Å². The molecule has 0 radical (unpaired) electrons. The Labute approximate surface area is 53.5 Å². The minimum atomic E-state index is 0.850. The maximum Gasteiger partial charge on any atom is 0.109 e. The minimum Gasteiger partial charge on any atom is -0.332 e. The Morgan fingerprint density at radius 1 is 1.67 bits per heavy atom. The molecule has 2 atom stereocenters. The summed E-state index contributed by atoms with van der Waals surface area (Å²) in [5.41, 5.74) is 0. The lowest BCUT2D eigenvalue weighted by Gasteiger charge is -1.94. The second-order valence-electron chi connectivity index (χ2n) is 3.02. The van der Waals surface area contributed by atoms with Crippen LogP contribution in [-0.2, 0) is 6.42 Å². The number of hydrogen-bond donors (Lipinski definition) is 0. The van der Waals surface area contributed by atoms with Gasteiger partial charge in [-0.3, -0.25) is 0 Å². The molecule has 1 aromatic heterocycles. The fourth-order valence-electron chi connectivity index (χ4n) is 1.83. The summed E-state index contributed by atoms with van der Waals surface area (Å²) in [6.45, 7) is 0. The summed E-state index contributed by atoms with van der Waals surface area (Å²) in [6.07, 6.45) is 6.65. The quantitative estimate of drug-likeness (QED) is 0.499. The van der Waals surface area contributed by atoms with E-state index in [0.29, 0.717) is 0 Å². The van der Waals surface area contributed by atoms with Crippen LogP contribution in [0.1, 0.15) is 18.3 Å². The van der Waals surface area contributed by atoms with E-state index in [4.69, 9.17) is 0 Å². The van der Waals surface area contributed by atoms with E-state index in [-0.39, 0.29) is 0 Å². The topological polar surface area (TPSA) is 17.8 Å². The molecular formula is C7H8N2. The van der Waals surface area contributed by atoms with E-state index < -0.39 is 0 Å². The van der Waals surface area contributed by atoms with Gasteiger partial charge in [-0.1, -0.05) is 0 Å². The second-order valence-corrected chi connectivity index (χ2v) is 3.02.